The molecule has 2 aromatic heterocycles. The van der Waals surface area contributed by atoms with Gasteiger partial charge in [-0.2, -0.15) is 0 Å². The number of anilines is 1. The van der Waals surface area contributed by atoms with Gasteiger partial charge >= 0.3 is 0 Å². The second kappa shape index (κ2) is 4.97. The van der Waals surface area contributed by atoms with Gasteiger partial charge in [-0.15, -0.1) is 0 Å². The molecule has 0 radical (unpaired) electrons. The van der Waals surface area contributed by atoms with Gasteiger partial charge < -0.3 is 5.43 Å². The number of nitrogens with zero attached hydrogens (tertiary/aromatic N) is 2. The number of hydrogen-bond acceptors (Lipinski definition) is 5. The van der Waals surface area contributed by atoms with Crippen molar-refractivity contribution >= 4 is 21.5 Å². The molecule has 0 amide bonds. The molecule has 0 saturated heterocycles. The second-order valence-electron chi connectivity index (χ2n) is 5.43. The molecule has 0 aliphatic heterocycles. The monoisotopic (exact) mass is 309 g/mol. The van der Waals surface area contributed by atoms with Crippen molar-refractivity contribution in [3.05, 3.63) is 24.4 Å². The maximum Gasteiger partial charge on any atom is 0.260 e. The maximum absolute atomic E-state index is 12.8. The summed E-state index contributed by atoms with van der Waals surface area (Å²) in [4.78, 5) is 4.20. The number of pyridine rings is 1. The highest BCUT2D eigenvalue weighted by molar-refractivity contribution is 7.89. The number of aromatic nitrogens is 2. The molecule has 1 aliphatic rings. The van der Waals surface area contributed by atoms with Crippen LogP contribution in [0, 0.1) is 0 Å². The lowest BCUT2D eigenvalue weighted by atomic mass is 9.76. The molecule has 7 nitrogen and oxygen atoms in total. The van der Waals surface area contributed by atoms with Gasteiger partial charge in [0.05, 0.1) is 0 Å². The molecular formula is C13H19N5O2S. The van der Waals surface area contributed by atoms with Crippen LogP contribution in [-0.2, 0) is 10.0 Å². The zero-order chi connectivity index (χ0) is 15.1. The molecule has 2 aromatic rings. The van der Waals surface area contributed by atoms with Crippen LogP contribution in [-0.4, -0.2) is 23.3 Å². The molecule has 0 unspecified atom stereocenters. The van der Waals surface area contributed by atoms with Crippen molar-refractivity contribution in [1.82, 2.24) is 14.1 Å². The summed E-state index contributed by atoms with van der Waals surface area (Å²) in [6, 6.07) is 5.29. The van der Waals surface area contributed by atoms with Crippen LogP contribution in [0.4, 0.5) is 5.82 Å². The van der Waals surface area contributed by atoms with E-state index in [0.717, 1.165) is 25.7 Å². The van der Waals surface area contributed by atoms with Crippen LogP contribution in [0.25, 0.3) is 5.65 Å². The van der Waals surface area contributed by atoms with E-state index in [1.165, 1.54) is 4.40 Å². The summed E-state index contributed by atoms with van der Waals surface area (Å²) < 4.78 is 29.9. The highest BCUT2D eigenvalue weighted by Crippen LogP contribution is 2.36. The number of hydrazine groups is 1. The Kier molecular flexibility index (Phi) is 3.39. The van der Waals surface area contributed by atoms with Crippen LogP contribution >= 0.6 is 0 Å². The van der Waals surface area contributed by atoms with Crippen LogP contribution in [0.5, 0.6) is 0 Å². The highest BCUT2D eigenvalue weighted by Gasteiger charge is 2.40. The Balaban J connectivity index is 2.10. The lowest BCUT2D eigenvalue weighted by Crippen LogP contribution is -2.53. The molecule has 2 heterocycles. The Bertz CT molecular complexity index is 758. The number of nitrogens with two attached hydrogens (primary N) is 1. The number of nitrogens with one attached hydrogen (secondary N) is 2. The van der Waals surface area contributed by atoms with Crippen LogP contribution in [0.15, 0.2) is 29.4 Å². The SMILES string of the molecule is CCC1(NS(=O)(=O)c2c(NN)nc3ccccn23)CCC1. The maximum atomic E-state index is 12.8. The minimum absolute atomic E-state index is 0.0559. The van der Waals surface area contributed by atoms with Gasteiger partial charge in [0.15, 0.2) is 10.8 Å². The second-order valence-corrected chi connectivity index (χ2v) is 7.03. The molecule has 114 valence electrons. The standard InChI is InChI=1S/C13H19N5O2S/c1-2-13(7-5-8-13)17-21(19,20)12-11(16-14)15-10-6-3-4-9-18(10)12/h3-4,6,9,16-17H,2,5,7-8,14H2,1H3. The fourth-order valence-electron chi connectivity index (χ4n) is 2.79. The summed E-state index contributed by atoms with van der Waals surface area (Å²) in [5.74, 6) is 5.59. The average molecular weight is 309 g/mol. The van der Waals surface area contributed by atoms with Crippen molar-refractivity contribution < 1.29 is 8.42 Å². The first-order chi connectivity index (χ1) is 10.0. The van der Waals surface area contributed by atoms with Crippen LogP contribution in [0.3, 0.4) is 0 Å². The number of sulfonamides is 1. The van der Waals surface area contributed by atoms with E-state index in [9.17, 15) is 8.42 Å². The van der Waals surface area contributed by atoms with Crippen LogP contribution in [0.2, 0.25) is 0 Å². The first kappa shape index (κ1) is 14.3. The molecule has 3 rings (SSSR count). The van der Waals surface area contributed by atoms with Crippen molar-refractivity contribution in [2.75, 3.05) is 5.43 Å². The van der Waals surface area contributed by atoms with E-state index >= 15 is 0 Å². The molecule has 0 aromatic carbocycles. The number of fused-ring (bicyclic) bond motifs is 1. The first-order valence-corrected chi connectivity index (χ1v) is 8.47. The third-order valence-electron chi connectivity index (χ3n) is 4.22. The number of nitrogen functional groups attached to an aromatic ring is 1. The minimum atomic E-state index is -3.71. The Labute approximate surface area is 123 Å². The molecule has 8 heteroatoms. The van der Waals surface area contributed by atoms with Gasteiger partial charge in [0.25, 0.3) is 10.0 Å². The fourth-order valence-corrected chi connectivity index (χ4v) is 4.58. The topological polar surface area (TPSA) is 102 Å². The van der Waals surface area contributed by atoms with E-state index in [1.54, 1.807) is 24.4 Å². The summed E-state index contributed by atoms with van der Waals surface area (Å²) >= 11 is 0. The quantitative estimate of drug-likeness (QED) is 0.569. The van der Waals surface area contributed by atoms with Crippen molar-refractivity contribution in [1.29, 1.82) is 0 Å². The molecule has 1 fully saturated rings. The van der Waals surface area contributed by atoms with E-state index in [-0.39, 0.29) is 16.4 Å². The highest BCUT2D eigenvalue weighted by atomic mass is 32.2. The zero-order valence-electron chi connectivity index (χ0n) is 11.8. The summed E-state index contributed by atoms with van der Waals surface area (Å²) in [5, 5.41) is 0.0559. The number of imidazole rings is 1. The van der Waals surface area contributed by atoms with E-state index in [2.05, 4.69) is 15.1 Å². The molecule has 4 N–H and O–H groups in total. The van der Waals surface area contributed by atoms with Crippen LogP contribution in [0.1, 0.15) is 32.6 Å². The number of hydrogen-bond donors (Lipinski definition) is 3. The Morgan fingerprint density at radius 2 is 2.19 bits per heavy atom. The van der Waals surface area contributed by atoms with Gasteiger partial charge in [-0.25, -0.2) is 24.0 Å². The van der Waals surface area contributed by atoms with Gasteiger partial charge in [0.2, 0.25) is 0 Å². The molecule has 1 aliphatic carbocycles. The molecule has 0 bridgehead atoms. The van der Waals surface area contributed by atoms with E-state index in [1.807, 2.05) is 6.92 Å². The molecule has 0 spiro atoms. The zero-order valence-corrected chi connectivity index (χ0v) is 12.7. The number of rotatable bonds is 5. The van der Waals surface area contributed by atoms with Gasteiger partial charge in [-0.3, -0.25) is 4.40 Å². The Hall–Kier alpha value is -1.64. The minimum Gasteiger partial charge on any atom is -0.306 e. The van der Waals surface area contributed by atoms with Gasteiger partial charge in [-0.05, 0) is 37.8 Å². The van der Waals surface area contributed by atoms with E-state index in [0.29, 0.717) is 5.65 Å². The van der Waals surface area contributed by atoms with Gasteiger partial charge in [0.1, 0.15) is 5.65 Å². The van der Waals surface area contributed by atoms with Crippen molar-refractivity contribution in [2.45, 2.75) is 43.2 Å². The van der Waals surface area contributed by atoms with E-state index in [4.69, 9.17) is 5.84 Å². The average Bonchev–Trinajstić information content (AvgIpc) is 2.82. The predicted molar refractivity (Wildman–Crippen MR) is 80.2 cm³/mol. The summed E-state index contributed by atoms with van der Waals surface area (Å²) in [6.07, 6.45) is 5.21. The van der Waals surface area contributed by atoms with Crippen molar-refractivity contribution in [3.8, 4) is 0 Å². The predicted octanol–water partition coefficient (Wildman–Crippen LogP) is 1.23. The fraction of sp³-hybridized carbons (Fsp3) is 0.462. The lowest BCUT2D eigenvalue weighted by Gasteiger charge is -2.41. The normalized spacial score (nSPS) is 17.6. The summed E-state index contributed by atoms with van der Waals surface area (Å²) in [7, 11) is -3.71. The van der Waals surface area contributed by atoms with Crippen molar-refractivity contribution in [3.63, 3.8) is 0 Å². The van der Waals surface area contributed by atoms with Crippen LogP contribution < -0.4 is 16.0 Å². The lowest BCUT2D eigenvalue weighted by molar-refractivity contribution is 0.213. The Morgan fingerprint density at radius 3 is 2.76 bits per heavy atom. The summed E-state index contributed by atoms with van der Waals surface area (Å²) in [6.45, 7) is 2.00. The van der Waals surface area contributed by atoms with Crippen molar-refractivity contribution in [2.24, 2.45) is 5.84 Å². The molecule has 0 atom stereocenters. The largest absolute Gasteiger partial charge is 0.306 e. The Morgan fingerprint density at radius 1 is 1.43 bits per heavy atom. The van der Waals surface area contributed by atoms with Gasteiger partial charge in [0, 0.05) is 11.7 Å². The smallest absolute Gasteiger partial charge is 0.260 e. The third kappa shape index (κ3) is 2.29. The third-order valence-corrected chi connectivity index (χ3v) is 5.82. The molecule has 1 saturated carbocycles. The first-order valence-electron chi connectivity index (χ1n) is 6.99. The van der Waals surface area contributed by atoms with E-state index < -0.39 is 10.0 Å². The summed E-state index contributed by atoms with van der Waals surface area (Å²) in [5.41, 5.74) is 2.58. The molecule has 21 heavy (non-hydrogen) atoms. The molecular weight excluding hydrogens is 290 g/mol. The van der Waals surface area contributed by atoms with Gasteiger partial charge in [-0.1, -0.05) is 13.0 Å².